The van der Waals surface area contributed by atoms with Crippen LogP contribution in [0.25, 0.3) is 0 Å². The Morgan fingerprint density at radius 3 is 2.29 bits per heavy atom. The smallest absolute Gasteiger partial charge is 0.273 e. The molecular formula is C29H36N4O5. The molecule has 2 aromatic rings. The van der Waals surface area contributed by atoms with Crippen LogP contribution in [0.15, 0.2) is 34.9 Å². The number of fused-ring (bicyclic) bond motifs is 1. The van der Waals surface area contributed by atoms with E-state index in [1.54, 1.807) is 30.3 Å². The lowest BCUT2D eigenvalue weighted by Crippen LogP contribution is -2.56. The van der Waals surface area contributed by atoms with Gasteiger partial charge in [-0.25, -0.2) is 0 Å². The molecule has 2 aliphatic heterocycles. The summed E-state index contributed by atoms with van der Waals surface area (Å²) in [6.45, 7) is 4.94. The molecule has 1 aromatic heterocycles. The van der Waals surface area contributed by atoms with Crippen molar-refractivity contribution in [3.63, 3.8) is 0 Å². The fourth-order valence-electron chi connectivity index (χ4n) is 5.75. The number of aromatic nitrogens is 1. The number of carbonyl (C=O) groups is 4. The van der Waals surface area contributed by atoms with Crippen LogP contribution in [0.2, 0.25) is 0 Å². The fraction of sp³-hybridized carbons (Fsp3) is 0.552. The molecule has 3 atom stereocenters. The molecule has 0 radical (unpaired) electrons. The zero-order valence-corrected chi connectivity index (χ0v) is 22.1. The van der Waals surface area contributed by atoms with Crippen molar-refractivity contribution >= 4 is 23.6 Å². The summed E-state index contributed by atoms with van der Waals surface area (Å²) in [4.78, 5) is 49.5. The summed E-state index contributed by atoms with van der Waals surface area (Å²) < 4.78 is 5.30. The highest BCUT2D eigenvalue weighted by atomic mass is 16.5. The van der Waals surface area contributed by atoms with Crippen molar-refractivity contribution in [2.45, 2.75) is 83.2 Å². The quantitative estimate of drug-likeness (QED) is 0.587. The number of imide groups is 1. The molecule has 9 heteroatoms. The number of piperidine rings is 1. The summed E-state index contributed by atoms with van der Waals surface area (Å²) in [5, 5.41) is 9.27. The van der Waals surface area contributed by atoms with Crippen LogP contribution in [0.1, 0.15) is 108 Å². The maximum Gasteiger partial charge on any atom is 0.273 e. The summed E-state index contributed by atoms with van der Waals surface area (Å²) in [6, 6.07) is 8.73. The lowest BCUT2D eigenvalue weighted by Gasteiger charge is -2.43. The fourth-order valence-corrected chi connectivity index (χ4v) is 5.75. The van der Waals surface area contributed by atoms with Gasteiger partial charge >= 0.3 is 0 Å². The first-order chi connectivity index (χ1) is 18.3. The zero-order chi connectivity index (χ0) is 26.8. The predicted octanol–water partition coefficient (Wildman–Crippen LogP) is 4.06. The van der Waals surface area contributed by atoms with E-state index >= 15 is 0 Å². The van der Waals surface area contributed by atoms with Gasteiger partial charge in [-0.05, 0) is 57.1 Å². The molecular weight excluding hydrogens is 484 g/mol. The van der Waals surface area contributed by atoms with Gasteiger partial charge in [0.15, 0.2) is 5.69 Å². The second kappa shape index (κ2) is 11.1. The maximum atomic E-state index is 12.9. The summed E-state index contributed by atoms with van der Waals surface area (Å²) >= 11 is 0. The van der Waals surface area contributed by atoms with E-state index in [9.17, 15) is 19.2 Å². The zero-order valence-electron chi connectivity index (χ0n) is 22.1. The number of benzene rings is 1. The first-order valence-electron chi connectivity index (χ1n) is 13.8. The van der Waals surface area contributed by atoms with Crippen LogP contribution in [0.3, 0.4) is 0 Å². The number of amides is 4. The molecule has 9 nitrogen and oxygen atoms in total. The van der Waals surface area contributed by atoms with Crippen LogP contribution in [-0.4, -0.2) is 52.3 Å². The molecule has 202 valence electrons. The summed E-state index contributed by atoms with van der Waals surface area (Å²) in [5.41, 5.74) is 1.31. The first-order valence-corrected chi connectivity index (χ1v) is 13.8. The highest BCUT2D eigenvalue weighted by molar-refractivity contribution is 6.21. The predicted molar refractivity (Wildman–Crippen MR) is 140 cm³/mol. The molecule has 2 N–H and O–H groups in total. The van der Waals surface area contributed by atoms with Gasteiger partial charge in [0.25, 0.3) is 17.7 Å². The lowest BCUT2D eigenvalue weighted by atomic mass is 9.84. The molecule has 38 heavy (non-hydrogen) atoms. The topological polar surface area (TPSA) is 122 Å². The molecule has 0 bridgehead atoms. The number of carbonyl (C=O) groups excluding carboxylic acids is 4. The van der Waals surface area contributed by atoms with Crippen molar-refractivity contribution in [1.29, 1.82) is 0 Å². The minimum absolute atomic E-state index is 0.0592. The Labute approximate surface area is 222 Å². The molecule has 1 aromatic carbocycles. The van der Waals surface area contributed by atoms with Crippen molar-refractivity contribution in [2.24, 2.45) is 11.8 Å². The monoisotopic (exact) mass is 520 g/mol. The van der Waals surface area contributed by atoms with E-state index < -0.39 is 0 Å². The van der Waals surface area contributed by atoms with Crippen LogP contribution < -0.4 is 10.6 Å². The molecule has 3 heterocycles. The Morgan fingerprint density at radius 2 is 1.66 bits per heavy atom. The Hall–Kier alpha value is -3.49. The van der Waals surface area contributed by atoms with Crippen LogP contribution in [0.4, 0.5) is 0 Å². The Kier molecular flexibility index (Phi) is 7.63. The number of likely N-dealkylation sites (tertiary alicyclic amines) is 1. The average Bonchev–Trinajstić information content (AvgIpc) is 3.58. The Bertz CT molecular complexity index is 1180. The van der Waals surface area contributed by atoms with Crippen molar-refractivity contribution in [3.8, 4) is 0 Å². The van der Waals surface area contributed by atoms with E-state index in [2.05, 4.69) is 34.5 Å². The van der Waals surface area contributed by atoms with Crippen molar-refractivity contribution in [3.05, 3.63) is 52.9 Å². The lowest BCUT2D eigenvalue weighted by molar-refractivity contribution is -0.141. The molecule has 6 rings (SSSR count). The van der Waals surface area contributed by atoms with Gasteiger partial charge in [-0.3, -0.25) is 24.5 Å². The maximum absolute atomic E-state index is 12.9. The average molecular weight is 521 g/mol. The van der Waals surface area contributed by atoms with Crippen molar-refractivity contribution < 1.29 is 23.7 Å². The molecule has 0 spiro atoms. The van der Waals surface area contributed by atoms with E-state index in [0.29, 0.717) is 35.2 Å². The Balaban J connectivity index is 0.000000222. The van der Waals surface area contributed by atoms with Crippen LogP contribution in [0.5, 0.6) is 0 Å². The van der Waals surface area contributed by atoms with E-state index in [1.807, 2.05) is 0 Å². The van der Waals surface area contributed by atoms with E-state index in [1.165, 1.54) is 19.3 Å². The van der Waals surface area contributed by atoms with Crippen molar-refractivity contribution in [2.75, 3.05) is 6.54 Å². The number of hydrogen-bond acceptors (Lipinski definition) is 6. The third kappa shape index (κ3) is 5.66. The minimum Gasteiger partial charge on any atom is -0.360 e. The summed E-state index contributed by atoms with van der Waals surface area (Å²) in [7, 11) is 0. The molecule has 4 amide bonds. The van der Waals surface area contributed by atoms with Crippen LogP contribution >= 0.6 is 0 Å². The highest BCUT2D eigenvalue weighted by Gasteiger charge is 2.37. The minimum atomic E-state index is -0.300. The van der Waals surface area contributed by atoms with Gasteiger partial charge in [-0.1, -0.05) is 43.5 Å². The summed E-state index contributed by atoms with van der Waals surface area (Å²) in [5.74, 6) is 1.27. The second-order valence-electron chi connectivity index (χ2n) is 11.2. The van der Waals surface area contributed by atoms with Gasteiger partial charge in [-0.15, -0.1) is 0 Å². The molecule has 1 saturated heterocycles. The van der Waals surface area contributed by atoms with Gasteiger partial charge in [0.1, 0.15) is 5.76 Å². The number of nitrogens with one attached hydrogen (secondary N) is 2. The van der Waals surface area contributed by atoms with Gasteiger partial charge in [0, 0.05) is 36.5 Å². The van der Waals surface area contributed by atoms with Crippen LogP contribution in [-0.2, 0) is 4.79 Å². The van der Waals surface area contributed by atoms with Gasteiger partial charge in [-0.2, -0.15) is 0 Å². The number of hydrogen-bond donors (Lipinski definition) is 2. The largest absolute Gasteiger partial charge is 0.360 e. The van der Waals surface area contributed by atoms with E-state index in [0.717, 1.165) is 37.9 Å². The summed E-state index contributed by atoms with van der Waals surface area (Å²) in [6.07, 6.45) is 8.71. The molecule has 2 saturated carbocycles. The van der Waals surface area contributed by atoms with Gasteiger partial charge in [0.2, 0.25) is 5.91 Å². The molecule has 2 aliphatic carbocycles. The van der Waals surface area contributed by atoms with Gasteiger partial charge in [0.05, 0.1) is 11.1 Å². The molecule has 3 unspecified atom stereocenters. The highest BCUT2D eigenvalue weighted by Crippen LogP contribution is 2.40. The van der Waals surface area contributed by atoms with Crippen molar-refractivity contribution in [1.82, 2.24) is 20.7 Å². The first kappa shape index (κ1) is 26.1. The van der Waals surface area contributed by atoms with E-state index in [4.69, 9.17) is 4.52 Å². The third-order valence-electron chi connectivity index (χ3n) is 8.24. The van der Waals surface area contributed by atoms with Crippen LogP contribution in [0, 0.1) is 11.8 Å². The molecule has 3 fully saturated rings. The number of nitrogens with zero attached hydrogens (tertiary/aromatic N) is 2. The molecule has 4 aliphatic rings. The normalized spacial score (nSPS) is 25.2. The SMILES string of the molecule is CC1CN(C(=O)C2CCCCC2)C(C)CC1NC(=O)c1cc(C2CC2)on1.O=C1NC(=O)c2ccccc21. The second-order valence-corrected chi connectivity index (χ2v) is 11.2. The third-order valence-corrected chi connectivity index (χ3v) is 8.24. The van der Waals surface area contributed by atoms with Gasteiger partial charge < -0.3 is 14.7 Å². The number of rotatable bonds is 4. The van der Waals surface area contributed by atoms with E-state index in [-0.39, 0.29) is 41.6 Å². The standard InChI is InChI=1S/C21H31N3O3.C8H5NO2/c1-13-12-24(21(26)16-6-4-3-5-7-16)14(2)10-17(13)22-20(25)18-11-19(27-23-18)15-8-9-15;10-7-5-3-1-2-4-6(5)8(11)9-7/h11,13-17H,3-10,12H2,1-2H3,(H,22,25);1-4H,(H,9,10,11). The Morgan fingerprint density at radius 1 is 1.00 bits per heavy atom.